The molecule has 2 atom stereocenters. The van der Waals surface area contributed by atoms with Crippen LogP contribution in [0.2, 0.25) is 0 Å². The number of fused-ring (bicyclic) bond motifs is 1. The molecule has 0 radical (unpaired) electrons. The maximum absolute atomic E-state index is 6.02. The number of rotatable bonds is 3. The quantitative estimate of drug-likeness (QED) is 0.920. The lowest BCUT2D eigenvalue weighted by atomic mass is 10.1. The molecule has 1 saturated heterocycles. The van der Waals surface area contributed by atoms with Crippen LogP contribution in [0.1, 0.15) is 19.5 Å². The van der Waals surface area contributed by atoms with Gasteiger partial charge in [0.2, 0.25) is 0 Å². The van der Waals surface area contributed by atoms with Gasteiger partial charge in [0.25, 0.3) is 0 Å². The first-order chi connectivity index (χ1) is 9.65. The molecular formula is C15H22N4O. The topological polar surface area (TPSA) is 55.8 Å². The van der Waals surface area contributed by atoms with E-state index in [0.29, 0.717) is 0 Å². The number of nitrogens with two attached hydrogens (primary N) is 1. The fourth-order valence-corrected chi connectivity index (χ4v) is 2.79. The highest BCUT2D eigenvalue weighted by atomic mass is 16.5. The lowest BCUT2D eigenvalue weighted by Gasteiger charge is -2.32. The SMILES string of the molecule is CC(N)Cc1c(N2CCOC(C)C2)nc2ccccn12. The van der Waals surface area contributed by atoms with E-state index in [4.69, 9.17) is 15.5 Å². The van der Waals surface area contributed by atoms with Crippen LogP contribution in [0.15, 0.2) is 24.4 Å². The second-order valence-electron chi connectivity index (χ2n) is 5.62. The monoisotopic (exact) mass is 274 g/mol. The first-order valence-electron chi connectivity index (χ1n) is 7.23. The summed E-state index contributed by atoms with van der Waals surface area (Å²) in [6, 6.07) is 6.21. The Hall–Kier alpha value is -1.59. The highest BCUT2D eigenvalue weighted by molar-refractivity contribution is 5.56. The normalized spacial score (nSPS) is 21.4. The van der Waals surface area contributed by atoms with Crippen LogP contribution in [-0.4, -0.2) is 41.2 Å². The highest BCUT2D eigenvalue weighted by Crippen LogP contribution is 2.24. The fourth-order valence-electron chi connectivity index (χ4n) is 2.79. The minimum atomic E-state index is 0.118. The summed E-state index contributed by atoms with van der Waals surface area (Å²) in [5.74, 6) is 1.06. The first-order valence-corrected chi connectivity index (χ1v) is 7.23. The number of nitrogens with zero attached hydrogens (tertiary/aromatic N) is 3. The summed E-state index contributed by atoms with van der Waals surface area (Å²) >= 11 is 0. The maximum Gasteiger partial charge on any atom is 0.151 e. The van der Waals surface area contributed by atoms with Crippen molar-refractivity contribution in [2.45, 2.75) is 32.4 Å². The smallest absolute Gasteiger partial charge is 0.151 e. The number of morpholine rings is 1. The van der Waals surface area contributed by atoms with E-state index in [2.05, 4.69) is 22.4 Å². The Bertz CT molecular complexity index is 593. The minimum absolute atomic E-state index is 0.118. The van der Waals surface area contributed by atoms with E-state index < -0.39 is 0 Å². The molecule has 5 heteroatoms. The molecule has 0 saturated carbocycles. The number of ether oxygens (including phenoxy) is 1. The van der Waals surface area contributed by atoms with E-state index in [9.17, 15) is 0 Å². The summed E-state index contributed by atoms with van der Waals surface area (Å²) in [7, 11) is 0. The summed E-state index contributed by atoms with van der Waals surface area (Å²) in [5, 5.41) is 0. The molecule has 108 valence electrons. The number of hydrogen-bond acceptors (Lipinski definition) is 4. The van der Waals surface area contributed by atoms with E-state index in [0.717, 1.165) is 37.6 Å². The van der Waals surface area contributed by atoms with Gasteiger partial charge in [0.05, 0.1) is 18.4 Å². The zero-order chi connectivity index (χ0) is 14.1. The van der Waals surface area contributed by atoms with Gasteiger partial charge in [-0.2, -0.15) is 0 Å². The van der Waals surface area contributed by atoms with Crippen LogP contribution in [0, 0.1) is 0 Å². The van der Waals surface area contributed by atoms with Gasteiger partial charge in [-0.1, -0.05) is 6.07 Å². The molecular weight excluding hydrogens is 252 g/mol. The zero-order valence-corrected chi connectivity index (χ0v) is 12.1. The van der Waals surface area contributed by atoms with Crippen molar-refractivity contribution >= 4 is 11.5 Å². The van der Waals surface area contributed by atoms with Gasteiger partial charge in [-0.15, -0.1) is 0 Å². The molecule has 3 rings (SSSR count). The van der Waals surface area contributed by atoms with Gasteiger partial charge in [-0.3, -0.25) is 0 Å². The van der Waals surface area contributed by atoms with E-state index >= 15 is 0 Å². The Labute approximate surface area is 119 Å². The third-order valence-electron chi connectivity index (χ3n) is 3.66. The third-order valence-corrected chi connectivity index (χ3v) is 3.66. The van der Waals surface area contributed by atoms with Crippen molar-refractivity contribution in [2.75, 3.05) is 24.6 Å². The molecule has 0 amide bonds. The van der Waals surface area contributed by atoms with Crippen molar-refractivity contribution in [1.29, 1.82) is 0 Å². The van der Waals surface area contributed by atoms with Crippen LogP contribution >= 0.6 is 0 Å². The molecule has 5 nitrogen and oxygen atoms in total. The van der Waals surface area contributed by atoms with Gasteiger partial charge in [-0.25, -0.2) is 4.98 Å². The van der Waals surface area contributed by atoms with Crippen molar-refractivity contribution in [3.63, 3.8) is 0 Å². The summed E-state index contributed by atoms with van der Waals surface area (Å²) in [6.45, 7) is 6.67. The Kier molecular flexibility index (Phi) is 3.63. The predicted octanol–water partition coefficient (Wildman–Crippen LogP) is 1.45. The largest absolute Gasteiger partial charge is 0.375 e. The van der Waals surface area contributed by atoms with Crippen LogP contribution in [0.3, 0.4) is 0 Å². The lowest BCUT2D eigenvalue weighted by Crippen LogP contribution is -2.42. The van der Waals surface area contributed by atoms with Crippen LogP contribution in [-0.2, 0) is 11.2 Å². The van der Waals surface area contributed by atoms with E-state index in [1.807, 2.05) is 25.1 Å². The number of pyridine rings is 1. The molecule has 1 aliphatic heterocycles. The molecule has 2 aromatic rings. The van der Waals surface area contributed by atoms with Crippen molar-refractivity contribution < 1.29 is 4.74 Å². The van der Waals surface area contributed by atoms with Crippen molar-refractivity contribution in [3.8, 4) is 0 Å². The van der Waals surface area contributed by atoms with Crippen molar-refractivity contribution in [2.24, 2.45) is 5.73 Å². The Morgan fingerprint density at radius 2 is 2.35 bits per heavy atom. The molecule has 2 N–H and O–H groups in total. The second kappa shape index (κ2) is 5.42. The van der Waals surface area contributed by atoms with Crippen LogP contribution < -0.4 is 10.6 Å². The standard InChI is InChI=1S/C15H22N4O/c1-11(16)9-13-15(18-7-8-20-12(2)10-18)17-14-5-3-4-6-19(13)14/h3-6,11-12H,7-10,16H2,1-2H3. The van der Waals surface area contributed by atoms with Gasteiger partial charge in [0.15, 0.2) is 5.82 Å². The molecule has 0 spiro atoms. The first kappa shape index (κ1) is 13.4. The fraction of sp³-hybridized carbons (Fsp3) is 0.533. The Morgan fingerprint density at radius 1 is 1.50 bits per heavy atom. The van der Waals surface area contributed by atoms with Crippen LogP contribution in [0.4, 0.5) is 5.82 Å². The molecule has 1 aliphatic rings. The van der Waals surface area contributed by atoms with Crippen LogP contribution in [0.25, 0.3) is 5.65 Å². The van der Waals surface area contributed by atoms with Gasteiger partial charge in [0, 0.05) is 31.7 Å². The van der Waals surface area contributed by atoms with E-state index in [1.165, 1.54) is 5.69 Å². The molecule has 0 aromatic carbocycles. The minimum Gasteiger partial charge on any atom is -0.375 e. The average molecular weight is 274 g/mol. The van der Waals surface area contributed by atoms with E-state index in [-0.39, 0.29) is 12.1 Å². The molecule has 2 aromatic heterocycles. The number of imidazole rings is 1. The third kappa shape index (κ3) is 2.51. The summed E-state index contributed by atoms with van der Waals surface area (Å²) in [4.78, 5) is 7.12. The Morgan fingerprint density at radius 3 is 3.10 bits per heavy atom. The van der Waals surface area contributed by atoms with Gasteiger partial charge in [0.1, 0.15) is 5.65 Å². The summed E-state index contributed by atoms with van der Waals surface area (Å²) in [6.07, 6.45) is 3.14. The van der Waals surface area contributed by atoms with Crippen LogP contribution in [0.5, 0.6) is 0 Å². The number of aromatic nitrogens is 2. The van der Waals surface area contributed by atoms with Gasteiger partial charge >= 0.3 is 0 Å². The Balaban J connectivity index is 2.04. The average Bonchev–Trinajstić information content (AvgIpc) is 2.77. The number of anilines is 1. The summed E-state index contributed by atoms with van der Waals surface area (Å²) in [5.41, 5.74) is 8.20. The number of hydrogen-bond donors (Lipinski definition) is 1. The molecule has 0 aliphatic carbocycles. The van der Waals surface area contributed by atoms with Crippen molar-refractivity contribution in [1.82, 2.24) is 9.38 Å². The van der Waals surface area contributed by atoms with Gasteiger partial charge in [-0.05, 0) is 26.0 Å². The van der Waals surface area contributed by atoms with E-state index in [1.54, 1.807) is 0 Å². The van der Waals surface area contributed by atoms with Gasteiger partial charge < -0.3 is 19.8 Å². The molecule has 20 heavy (non-hydrogen) atoms. The molecule has 3 heterocycles. The second-order valence-corrected chi connectivity index (χ2v) is 5.62. The molecule has 0 bridgehead atoms. The maximum atomic E-state index is 6.02. The summed E-state index contributed by atoms with van der Waals surface area (Å²) < 4.78 is 7.78. The molecule has 2 unspecified atom stereocenters. The molecule has 1 fully saturated rings. The lowest BCUT2D eigenvalue weighted by molar-refractivity contribution is 0.0529. The highest BCUT2D eigenvalue weighted by Gasteiger charge is 2.23. The zero-order valence-electron chi connectivity index (χ0n) is 12.1. The van der Waals surface area contributed by atoms with Crippen molar-refractivity contribution in [3.05, 3.63) is 30.1 Å². The predicted molar refractivity (Wildman–Crippen MR) is 80.2 cm³/mol.